The second-order valence-electron chi connectivity index (χ2n) is 5.48. The van der Waals surface area contributed by atoms with Crippen LogP contribution in [0.3, 0.4) is 0 Å². The highest BCUT2D eigenvalue weighted by molar-refractivity contribution is 6.36. The van der Waals surface area contributed by atoms with Crippen molar-refractivity contribution in [3.63, 3.8) is 0 Å². The third-order valence-corrected chi connectivity index (χ3v) is 4.07. The average molecular weight is 406 g/mol. The Morgan fingerprint density at radius 3 is 2.44 bits per heavy atom. The lowest BCUT2D eigenvalue weighted by atomic mass is 10.1. The Hall–Kier alpha value is -2.96. The smallest absolute Gasteiger partial charge is 0.308 e. The van der Waals surface area contributed by atoms with Crippen molar-refractivity contribution in [1.82, 2.24) is 0 Å². The Morgan fingerprint density at radius 1 is 1.11 bits per heavy atom. The van der Waals surface area contributed by atoms with Gasteiger partial charge in [0.25, 0.3) is 5.91 Å². The molecule has 0 bridgehead atoms. The second-order valence-corrected chi connectivity index (χ2v) is 6.32. The molecule has 0 spiro atoms. The average Bonchev–Trinajstić information content (AvgIpc) is 2.91. The fourth-order valence-corrected chi connectivity index (χ4v) is 2.84. The van der Waals surface area contributed by atoms with Crippen LogP contribution in [0.2, 0.25) is 10.0 Å². The van der Waals surface area contributed by atoms with Crippen molar-refractivity contribution < 1.29 is 23.8 Å². The first-order valence-electron chi connectivity index (χ1n) is 7.73. The summed E-state index contributed by atoms with van der Waals surface area (Å²) in [7, 11) is 0. The van der Waals surface area contributed by atoms with E-state index in [1.54, 1.807) is 36.4 Å². The molecule has 2 N–H and O–H groups in total. The monoisotopic (exact) mass is 405 g/mol. The van der Waals surface area contributed by atoms with Crippen molar-refractivity contribution in [3.05, 3.63) is 64.1 Å². The van der Waals surface area contributed by atoms with E-state index in [2.05, 4.69) is 5.32 Å². The van der Waals surface area contributed by atoms with Gasteiger partial charge < -0.3 is 14.3 Å². The molecule has 27 heavy (non-hydrogen) atoms. The van der Waals surface area contributed by atoms with Crippen LogP contribution in [0.1, 0.15) is 17.3 Å². The first-order chi connectivity index (χ1) is 12.9. The Labute approximate surface area is 164 Å². The van der Waals surface area contributed by atoms with Crippen LogP contribution in [-0.2, 0) is 4.79 Å². The number of esters is 1. The summed E-state index contributed by atoms with van der Waals surface area (Å²) in [5.74, 6) is -2.29. The summed E-state index contributed by atoms with van der Waals surface area (Å²) in [5.41, 5.74) is 0.667. The SMILES string of the molecule is CC(=O)Oc1c(NC(=O)c2ccccc2)oc(-c2ccc(Cl)cc2Cl)c1O. The Balaban J connectivity index is 2.04. The summed E-state index contributed by atoms with van der Waals surface area (Å²) in [6.45, 7) is 1.16. The third-order valence-electron chi connectivity index (χ3n) is 3.53. The molecule has 1 aromatic heterocycles. The van der Waals surface area contributed by atoms with Gasteiger partial charge in [-0.2, -0.15) is 0 Å². The van der Waals surface area contributed by atoms with Crippen LogP contribution in [0.25, 0.3) is 11.3 Å². The number of carbonyl (C=O) groups excluding carboxylic acids is 2. The molecule has 0 aliphatic rings. The lowest BCUT2D eigenvalue weighted by molar-refractivity contribution is -0.132. The minimum atomic E-state index is -0.699. The van der Waals surface area contributed by atoms with Crippen molar-refractivity contribution in [2.45, 2.75) is 6.92 Å². The molecule has 0 atom stereocenters. The highest BCUT2D eigenvalue weighted by atomic mass is 35.5. The van der Waals surface area contributed by atoms with Crippen LogP contribution in [0.4, 0.5) is 5.88 Å². The molecule has 6 nitrogen and oxygen atoms in total. The van der Waals surface area contributed by atoms with E-state index in [9.17, 15) is 14.7 Å². The summed E-state index contributed by atoms with van der Waals surface area (Å²) in [6, 6.07) is 12.9. The topological polar surface area (TPSA) is 88.8 Å². The number of anilines is 1. The Bertz CT molecular complexity index is 1010. The number of amides is 1. The summed E-state index contributed by atoms with van der Waals surface area (Å²) < 4.78 is 10.6. The number of halogens is 2. The fourth-order valence-electron chi connectivity index (χ4n) is 2.35. The van der Waals surface area contributed by atoms with E-state index >= 15 is 0 Å². The number of ether oxygens (including phenoxy) is 1. The molecule has 0 radical (unpaired) electrons. The molecule has 1 heterocycles. The van der Waals surface area contributed by atoms with Crippen LogP contribution < -0.4 is 10.1 Å². The van der Waals surface area contributed by atoms with Crippen molar-refractivity contribution in [1.29, 1.82) is 0 Å². The quantitative estimate of drug-likeness (QED) is 0.586. The maximum atomic E-state index is 12.4. The van der Waals surface area contributed by atoms with Gasteiger partial charge in [-0.25, -0.2) is 0 Å². The zero-order valence-corrected chi connectivity index (χ0v) is 15.5. The molecule has 2 aromatic carbocycles. The van der Waals surface area contributed by atoms with E-state index < -0.39 is 17.6 Å². The number of rotatable bonds is 4. The lowest BCUT2D eigenvalue weighted by Gasteiger charge is -2.04. The van der Waals surface area contributed by atoms with E-state index in [-0.39, 0.29) is 22.4 Å². The molecule has 0 unspecified atom stereocenters. The number of nitrogens with one attached hydrogen (secondary N) is 1. The molecule has 0 saturated heterocycles. The summed E-state index contributed by atoms with van der Waals surface area (Å²) in [5, 5.41) is 13.6. The third kappa shape index (κ3) is 4.07. The van der Waals surface area contributed by atoms with Gasteiger partial charge in [-0.15, -0.1) is 0 Å². The van der Waals surface area contributed by atoms with Gasteiger partial charge in [-0.1, -0.05) is 41.4 Å². The minimum absolute atomic E-state index is 0.0729. The largest absolute Gasteiger partial charge is 0.502 e. The summed E-state index contributed by atoms with van der Waals surface area (Å²) >= 11 is 12.0. The van der Waals surface area contributed by atoms with Gasteiger partial charge in [0, 0.05) is 23.1 Å². The molecule has 8 heteroatoms. The zero-order chi connectivity index (χ0) is 19.6. The normalized spacial score (nSPS) is 10.5. The van der Waals surface area contributed by atoms with Gasteiger partial charge in [0.05, 0.1) is 5.02 Å². The van der Waals surface area contributed by atoms with Gasteiger partial charge in [-0.05, 0) is 30.3 Å². The van der Waals surface area contributed by atoms with Crippen molar-refractivity contribution in [2.75, 3.05) is 5.32 Å². The summed E-state index contributed by atoms with van der Waals surface area (Å²) in [6.07, 6.45) is 0. The number of furan rings is 1. The van der Waals surface area contributed by atoms with E-state index in [1.807, 2.05) is 0 Å². The van der Waals surface area contributed by atoms with Crippen molar-refractivity contribution in [2.24, 2.45) is 0 Å². The van der Waals surface area contributed by atoms with Crippen LogP contribution in [-0.4, -0.2) is 17.0 Å². The van der Waals surface area contributed by atoms with Crippen LogP contribution >= 0.6 is 23.2 Å². The number of benzene rings is 2. The van der Waals surface area contributed by atoms with Crippen LogP contribution in [0.15, 0.2) is 52.9 Å². The number of hydrogen-bond acceptors (Lipinski definition) is 5. The first-order valence-corrected chi connectivity index (χ1v) is 8.48. The summed E-state index contributed by atoms with van der Waals surface area (Å²) in [4.78, 5) is 23.8. The molecular formula is C19H13Cl2NO5. The Morgan fingerprint density at radius 2 is 1.81 bits per heavy atom. The maximum Gasteiger partial charge on any atom is 0.308 e. The Kier molecular flexibility index (Phi) is 5.39. The maximum absolute atomic E-state index is 12.4. The highest BCUT2D eigenvalue weighted by Gasteiger charge is 2.27. The van der Waals surface area contributed by atoms with Crippen molar-refractivity contribution in [3.8, 4) is 22.8 Å². The molecule has 1 amide bonds. The number of carbonyl (C=O) groups is 2. The van der Waals surface area contributed by atoms with Gasteiger partial charge in [0.2, 0.25) is 17.4 Å². The van der Waals surface area contributed by atoms with Gasteiger partial charge in [0.1, 0.15) is 0 Å². The first kappa shape index (κ1) is 18.8. The standard InChI is InChI=1S/C19H13Cl2NO5/c1-10(23)26-17-15(24)16(13-8-7-12(20)9-14(13)21)27-19(17)22-18(25)11-5-3-2-4-6-11/h2-9,24H,1H3,(H,22,25). The molecule has 3 rings (SSSR count). The zero-order valence-electron chi connectivity index (χ0n) is 14.0. The molecule has 0 saturated carbocycles. The van der Waals surface area contributed by atoms with Gasteiger partial charge in [-0.3, -0.25) is 14.9 Å². The molecule has 3 aromatic rings. The fraction of sp³-hybridized carbons (Fsp3) is 0.0526. The molecular weight excluding hydrogens is 393 g/mol. The molecule has 0 aliphatic carbocycles. The second kappa shape index (κ2) is 7.73. The van der Waals surface area contributed by atoms with Gasteiger partial charge >= 0.3 is 5.97 Å². The van der Waals surface area contributed by atoms with Crippen LogP contribution in [0.5, 0.6) is 11.5 Å². The lowest BCUT2D eigenvalue weighted by Crippen LogP contribution is -2.12. The minimum Gasteiger partial charge on any atom is -0.502 e. The van der Waals surface area contributed by atoms with Crippen LogP contribution in [0, 0.1) is 0 Å². The van der Waals surface area contributed by atoms with E-state index in [0.29, 0.717) is 16.1 Å². The number of aromatic hydroxyl groups is 1. The molecule has 138 valence electrons. The van der Waals surface area contributed by atoms with E-state index in [4.69, 9.17) is 32.4 Å². The molecule has 0 aliphatic heterocycles. The van der Waals surface area contributed by atoms with Gasteiger partial charge in [0.15, 0.2) is 5.76 Å². The number of hydrogen-bond donors (Lipinski definition) is 2. The predicted octanol–water partition coefficient (Wildman–Crippen LogP) is 5.14. The molecule has 0 fully saturated rings. The highest BCUT2D eigenvalue weighted by Crippen LogP contribution is 2.48. The van der Waals surface area contributed by atoms with E-state index in [1.165, 1.54) is 12.1 Å². The van der Waals surface area contributed by atoms with Crippen molar-refractivity contribution >= 4 is 41.0 Å². The predicted molar refractivity (Wildman–Crippen MR) is 102 cm³/mol. The van der Waals surface area contributed by atoms with E-state index in [0.717, 1.165) is 6.92 Å².